The molecule has 0 aliphatic carbocycles. The topological polar surface area (TPSA) is 101 Å². The molecule has 2 amide bonds. The van der Waals surface area contributed by atoms with Crippen LogP contribution in [0, 0.1) is 0 Å². The summed E-state index contributed by atoms with van der Waals surface area (Å²) < 4.78 is 25.3. The highest BCUT2D eigenvalue weighted by Crippen LogP contribution is 2.24. The van der Waals surface area contributed by atoms with Crippen molar-refractivity contribution in [2.75, 3.05) is 23.8 Å². The summed E-state index contributed by atoms with van der Waals surface area (Å²) in [6.07, 6.45) is 0.747. The van der Waals surface area contributed by atoms with E-state index in [-0.39, 0.29) is 5.75 Å². The zero-order valence-electron chi connectivity index (χ0n) is 11.3. The van der Waals surface area contributed by atoms with Crippen LogP contribution in [0.3, 0.4) is 0 Å². The van der Waals surface area contributed by atoms with Gasteiger partial charge in [-0.2, -0.15) is 0 Å². The molecule has 112 valence electrons. The summed E-state index contributed by atoms with van der Waals surface area (Å²) in [6.45, 7) is 2.33. The van der Waals surface area contributed by atoms with Gasteiger partial charge in [-0.05, 0) is 18.6 Å². The minimum Gasteiger partial charge on any atom is -0.398 e. The van der Waals surface area contributed by atoms with Crippen LogP contribution in [0.25, 0.3) is 0 Å². The summed E-state index contributed by atoms with van der Waals surface area (Å²) in [7, 11) is -3.62. The first-order chi connectivity index (χ1) is 9.44. The van der Waals surface area contributed by atoms with Crippen molar-refractivity contribution in [3.63, 3.8) is 0 Å². The van der Waals surface area contributed by atoms with Crippen LogP contribution in [0.4, 0.5) is 10.5 Å². The Hall–Kier alpha value is -1.41. The Balaban J connectivity index is 2.40. The van der Waals surface area contributed by atoms with E-state index < -0.39 is 16.1 Å². The maximum atomic E-state index is 11.7. The third-order valence-electron chi connectivity index (χ3n) is 2.31. The Kier molecular flexibility index (Phi) is 6.66. The van der Waals surface area contributed by atoms with Crippen LogP contribution in [-0.2, 0) is 10.0 Å². The van der Waals surface area contributed by atoms with E-state index in [1.54, 1.807) is 6.07 Å². The van der Waals surface area contributed by atoms with Gasteiger partial charge >= 0.3 is 6.03 Å². The number of thioether (sulfide) groups is 1. The standard InChI is InChI=1S/C12H19N3O3S2/c1-2-7-14-12(16)15-20(17,18)9-8-19-11-6-4-3-5-10(11)13/h3-6H,2,7-9,13H2,1H3,(H2,14,15,16). The van der Waals surface area contributed by atoms with E-state index in [1.165, 1.54) is 11.8 Å². The Morgan fingerprint density at radius 1 is 1.35 bits per heavy atom. The molecule has 20 heavy (non-hydrogen) atoms. The molecule has 0 radical (unpaired) electrons. The van der Waals surface area contributed by atoms with Crippen molar-refractivity contribution in [1.82, 2.24) is 10.0 Å². The minimum atomic E-state index is -3.62. The quantitative estimate of drug-likeness (QED) is 0.521. The maximum Gasteiger partial charge on any atom is 0.328 e. The highest BCUT2D eigenvalue weighted by atomic mass is 32.2. The van der Waals surface area contributed by atoms with Crippen LogP contribution in [0.1, 0.15) is 13.3 Å². The molecular formula is C12H19N3O3S2. The number of sulfonamides is 1. The summed E-state index contributed by atoms with van der Waals surface area (Å²) in [5, 5.41) is 2.45. The van der Waals surface area contributed by atoms with Crippen molar-refractivity contribution in [2.45, 2.75) is 18.2 Å². The molecule has 0 aliphatic heterocycles. The van der Waals surface area contributed by atoms with Gasteiger partial charge in [0.1, 0.15) is 0 Å². The predicted molar refractivity (Wildman–Crippen MR) is 82.2 cm³/mol. The normalized spacial score (nSPS) is 11.1. The Bertz CT molecular complexity index is 547. The van der Waals surface area contributed by atoms with Crippen LogP contribution in [0.5, 0.6) is 0 Å². The fourth-order valence-electron chi connectivity index (χ4n) is 1.34. The number of amides is 2. The molecule has 0 saturated heterocycles. The molecule has 1 aromatic rings. The molecule has 0 atom stereocenters. The third kappa shape index (κ3) is 6.16. The SMILES string of the molecule is CCCNC(=O)NS(=O)(=O)CCSc1ccccc1N. The number of anilines is 1. The Morgan fingerprint density at radius 2 is 2.05 bits per heavy atom. The number of hydrogen-bond acceptors (Lipinski definition) is 5. The van der Waals surface area contributed by atoms with Crippen molar-refractivity contribution in [3.05, 3.63) is 24.3 Å². The molecule has 1 rings (SSSR count). The lowest BCUT2D eigenvalue weighted by molar-refractivity contribution is 0.246. The van der Waals surface area contributed by atoms with Gasteiger partial charge < -0.3 is 11.1 Å². The summed E-state index contributed by atoms with van der Waals surface area (Å²) >= 11 is 1.34. The molecule has 4 N–H and O–H groups in total. The van der Waals surface area contributed by atoms with Crippen molar-refractivity contribution in [3.8, 4) is 0 Å². The number of benzene rings is 1. The van der Waals surface area contributed by atoms with E-state index in [1.807, 2.05) is 29.8 Å². The average Bonchev–Trinajstić information content (AvgIpc) is 2.38. The van der Waals surface area contributed by atoms with E-state index in [0.717, 1.165) is 11.3 Å². The lowest BCUT2D eigenvalue weighted by Crippen LogP contribution is -2.41. The highest BCUT2D eigenvalue weighted by molar-refractivity contribution is 8.00. The van der Waals surface area contributed by atoms with E-state index in [4.69, 9.17) is 5.73 Å². The summed E-state index contributed by atoms with van der Waals surface area (Å²) in [5.41, 5.74) is 6.37. The van der Waals surface area contributed by atoms with Gasteiger partial charge in [0.2, 0.25) is 10.0 Å². The largest absolute Gasteiger partial charge is 0.398 e. The predicted octanol–water partition coefficient (Wildman–Crippen LogP) is 1.40. The number of nitrogen functional groups attached to an aromatic ring is 1. The molecule has 8 heteroatoms. The Labute approximate surface area is 123 Å². The number of rotatable bonds is 7. The van der Waals surface area contributed by atoms with E-state index in [9.17, 15) is 13.2 Å². The van der Waals surface area contributed by atoms with Gasteiger partial charge in [0.25, 0.3) is 0 Å². The van der Waals surface area contributed by atoms with Crippen LogP contribution < -0.4 is 15.8 Å². The molecule has 1 aromatic carbocycles. The van der Waals surface area contributed by atoms with E-state index in [2.05, 4.69) is 5.32 Å². The zero-order valence-corrected chi connectivity index (χ0v) is 12.9. The molecule has 0 saturated carbocycles. The van der Waals surface area contributed by atoms with E-state index in [0.29, 0.717) is 18.0 Å². The van der Waals surface area contributed by atoms with Crippen LogP contribution >= 0.6 is 11.8 Å². The molecular weight excluding hydrogens is 298 g/mol. The molecule has 0 fully saturated rings. The summed E-state index contributed by atoms with van der Waals surface area (Å²) in [4.78, 5) is 12.1. The number of hydrogen-bond donors (Lipinski definition) is 3. The van der Waals surface area contributed by atoms with Gasteiger partial charge in [0.15, 0.2) is 0 Å². The molecule has 0 heterocycles. The van der Waals surface area contributed by atoms with Gasteiger partial charge in [-0.25, -0.2) is 17.9 Å². The third-order valence-corrected chi connectivity index (χ3v) is 4.90. The maximum absolute atomic E-state index is 11.7. The first-order valence-corrected chi connectivity index (χ1v) is 8.84. The molecule has 0 unspecified atom stereocenters. The number of carbonyl (C=O) groups is 1. The van der Waals surface area contributed by atoms with Gasteiger partial charge in [0, 0.05) is 22.9 Å². The molecule has 6 nitrogen and oxygen atoms in total. The first kappa shape index (κ1) is 16.6. The molecule has 0 spiro atoms. The lowest BCUT2D eigenvalue weighted by atomic mass is 10.3. The van der Waals surface area contributed by atoms with Gasteiger partial charge in [-0.3, -0.25) is 0 Å². The van der Waals surface area contributed by atoms with Crippen LogP contribution in [0.2, 0.25) is 0 Å². The molecule has 0 aromatic heterocycles. The minimum absolute atomic E-state index is 0.147. The monoisotopic (exact) mass is 317 g/mol. The smallest absolute Gasteiger partial charge is 0.328 e. The van der Waals surface area contributed by atoms with Crippen molar-refractivity contribution in [2.24, 2.45) is 0 Å². The van der Waals surface area contributed by atoms with Gasteiger partial charge in [-0.1, -0.05) is 19.1 Å². The zero-order chi connectivity index (χ0) is 15.0. The number of nitrogens with two attached hydrogens (primary N) is 1. The first-order valence-electron chi connectivity index (χ1n) is 6.20. The van der Waals surface area contributed by atoms with Crippen LogP contribution in [0.15, 0.2) is 29.2 Å². The number of urea groups is 1. The van der Waals surface area contributed by atoms with Crippen molar-refractivity contribution >= 4 is 33.5 Å². The highest BCUT2D eigenvalue weighted by Gasteiger charge is 2.14. The second-order valence-electron chi connectivity index (χ2n) is 4.06. The van der Waals surface area contributed by atoms with E-state index >= 15 is 0 Å². The number of nitrogens with one attached hydrogen (secondary N) is 2. The second kappa shape index (κ2) is 8.01. The molecule has 0 bridgehead atoms. The second-order valence-corrected chi connectivity index (χ2v) is 7.04. The van der Waals surface area contributed by atoms with Crippen molar-refractivity contribution < 1.29 is 13.2 Å². The van der Waals surface area contributed by atoms with Crippen molar-refractivity contribution in [1.29, 1.82) is 0 Å². The number of carbonyl (C=O) groups excluding carboxylic acids is 1. The number of para-hydroxylation sites is 1. The van der Waals surface area contributed by atoms with Crippen LogP contribution in [-0.4, -0.2) is 32.5 Å². The summed E-state index contributed by atoms with van der Waals surface area (Å²) in [5.74, 6) is 0.177. The summed E-state index contributed by atoms with van der Waals surface area (Å²) in [6, 6.07) is 6.55. The fraction of sp³-hybridized carbons (Fsp3) is 0.417. The average molecular weight is 317 g/mol. The van der Waals surface area contributed by atoms with Gasteiger partial charge in [-0.15, -0.1) is 11.8 Å². The fourth-order valence-corrected chi connectivity index (χ4v) is 3.64. The lowest BCUT2D eigenvalue weighted by Gasteiger charge is -2.08. The molecule has 0 aliphatic rings. The van der Waals surface area contributed by atoms with Gasteiger partial charge in [0.05, 0.1) is 5.75 Å². The Morgan fingerprint density at radius 3 is 2.70 bits per heavy atom.